The van der Waals surface area contributed by atoms with Crippen molar-refractivity contribution >= 4 is 32.6 Å². The van der Waals surface area contributed by atoms with Crippen LogP contribution in [0.3, 0.4) is 0 Å². The predicted octanol–water partition coefficient (Wildman–Crippen LogP) is 10.8. The van der Waals surface area contributed by atoms with E-state index in [4.69, 9.17) is 15.0 Å². The summed E-state index contributed by atoms with van der Waals surface area (Å²) in [5.41, 5.74) is 11.5. The van der Waals surface area contributed by atoms with E-state index in [-0.39, 0.29) is 0 Å². The number of hydrogen-bond acceptors (Lipinski definition) is 3. The number of hydrogen-bond donors (Lipinski definition) is 0. The number of para-hydroxylation sites is 1. The van der Waals surface area contributed by atoms with Crippen molar-refractivity contribution in [2.45, 2.75) is 0 Å². The summed E-state index contributed by atoms with van der Waals surface area (Å²) in [6.07, 6.45) is 0. The number of rotatable bonds is 4. The number of benzene rings is 7. The van der Waals surface area contributed by atoms with E-state index >= 15 is 0 Å². The second kappa shape index (κ2) is 10.1. The fourth-order valence-corrected chi connectivity index (χ4v) is 7.33. The highest BCUT2D eigenvalue weighted by Gasteiger charge is 2.25. The molecule has 0 radical (unpaired) electrons. The van der Waals surface area contributed by atoms with Crippen LogP contribution in [-0.2, 0) is 0 Å². The summed E-state index contributed by atoms with van der Waals surface area (Å²) in [6.45, 7) is 0. The monoisotopic (exact) mass is 598 g/mol. The number of nitrogens with zero attached hydrogens (tertiary/aromatic N) is 4. The van der Waals surface area contributed by atoms with Gasteiger partial charge in [0.2, 0.25) is 0 Å². The minimum absolute atomic E-state index is 0.642. The van der Waals surface area contributed by atoms with Crippen molar-refractivity contribution in [1.29, 1.82) is 0 Å². The Kier molecular flexibility index (Phi) is 5.54. The topological polar surface area (TPSA) is 43.6 Å². The second-order valence-corrected chi connectivity index (χ2v) is 12.0. The van der Waals surface area contributed by atoms with Gasteiger partial charge >= 0.3 is 0 Å². The van der Waals surface area contributed by atoms with Gasteiger partial charge in [-0.25, -0.2) is 15.0 Å². The number of aromatic nitrogens is 4. The summed E-state index contributed by atoms with van der Waals surface area (Å²) in [4.78, 5) is 14.9. The van der Waals surface area contributed by atoms with Crippen LogP contribution >= 0.6 is 0 Å². The van der Waals surface area contributed by atoms with Gasteiger partial charge in [-0.05, 0) is 57.3 Å². The third-order valence-corrected chi connectivity index (χ3v) is 9.36. The van der Waals surface area contributed by atoms with Gasteiger partial charge in [0.05, 0.1) is 11.0 Å². The molecule has 4 heteroatoms. The van der Waals surface area contributed by atoms with Crippen LogP contribution in [0, 0.1) is 0 Å². The van der Waals surface area contributed by atoms with Gasteiger partial charge in [-0.1, -0.05) is 133 Å². The molecular formula is C43H26N4. The Morgan fingerprint density at radius 2 is 0.872 bits per heavy atom. The Labute approximate surface area is 271 Å². The van der Waals surface area contributed by atoms with Crippen molar-refractivity contribution in [1.82, 2.24) is 19.5 Å². The number of fused-ring (bicyclic) bond motifs is 7. The van der Waals surface area contributed by atoms with Crippen LogP contribution in [0.5, 0.6) is 0 Å². The summed E-state index contributed by atoms with van der Waals surface area (Å²) >= 11 is 0. The molecule has 0 spiro atoms. The van der Waals surface area contributed by atoms with Crippen molar-refractivity contribution in [2.24, 2.45) is 0 Å². The molecule has 7 aromatic carbocycles. The largest absolute Gasteiger partial charge is 0.309 e. The lowest BCUT2D eigenvalue weighted by atomic mass is 9.98. The Morgan fingerprint density at radius 3 is 1.60 bits per heavy atom. The fourth-order valence-electron chi connectivity index (χ4n) is 7.33. The van der Waals surface area contributed by atoms with E-state index in [9.17, 15) is 0 Å². The van der Waals surface area contributed by atoms with E-state index in [1.54, 1.807) is 0 Å². The minimum Gasteiger partial charge on any atom is -0.309 e. The molecule has 0 N–H and O–H groups in total. The zero-order valence-electron chi connectivity index (χ0n) is 25.3. The van der Waals surface area contributed by atoms with E-state index in [1.165, 1.54) is 54.8 Å². The molecule has 0 unspecified atom stereocenters. The molecule has 10 rings (SSSR count). The van der Waals surface area contributed by atoms with Crippen LogP contribution in [0.2, 0.25) is 0 Å². The standard InChI is InChI=1S/C43H26N4/c1-3-13-27(14-4-1)41-44-42(28-15-5-2-6-16-28)46-43(45-41)29-17-11-18-30(25-29)47-37-24-10-9-21-34(37)40-35-23-12-22-33-31-19-7-8-20-32(31)36(39(33)35)26-38(40)47/h1-26H. The van der Waals surface area contributed by atoms with Gasteiger partial charge in [-0.2, -0.15) is 0 Å². The molecule has 0 saturated carbocycles. The summed E-state index contributed by atoms with van der Waals surface area (Å²) in [5.74, 6) is 1.95. The summed E-state index contributed by atoms with van der Waals surface area (Å²) < 4.78 is 2.40. The van der Waals surface area contributed by atoms with Gasteiger partial charge in [0.1, 0.15) is 0 Å². The fraction of sp³-hybridized carbons (Fsp3) is 0. The third kappa shape index (κ3) is 3.92. The van der Waals surface area contributed by atoms with Gasteiger partial charge in [-0.15, -0.1) is 0 Å². The first-order valence-electron chi connectivity index (χ1n) is 15.9. The van der Waals surface area contributed by atoms with Gasteiger partial charge in [0, 0.05) is 33.2 Å². The van der Waals surface area contributed by atoms with Crippen molar-refractivity contribution in [3.05, 3.63) is 158 Å². The highest BCUT2D eigenvalue weighted by molar-refractivity contribution is 6.29. The minimum atomic E-state index is 0.642. The van der Waals surface area contributed by atoms with Crippen molar-refractivity contribution in [3.63, 3.8) is 0 Å². The average molecular weight is 599 g/mol. The zero-order chi connectivity index (χ0) is 30.9. The molecule has 0 amide bonds. The second-order valence-electron chi connectivity index (χ2n) is 12.0. The maximum Gasteiger partial charge on any atom is 0.164 e. The van der Waals surface area contributed by atoms with Crippen LogP contribution in [-0.4, -0.2) is 19.5 Å². The Hall–Kier alpha value is -6.39. The molecule has 9 aromatic rings. The molecule has 218 valence electrons. The molecule has 0 bridgehead atoms. The highest BCUT2D eigenvalue weighted by Crippen LogP contribution is 2.51. The van der Waals surface area contributed by atoms with Gasteiger partial charge < -0.3 is 4.57 Å². The molecular weight excluding hydrogens is 573 g/mol. The third-order valence-electron chi connectivity index (χ3n) is 9.36. The van der Waals surface area contributed by atoms with Crippen LogP contribution in [0.25, 0.3) is 94.7 Å². The van der Waals surface area contributed by atoms with E-state index < -0.39 is 0 Å². The predicted molar refractivity (Wildman–Crippen MR) is 192 cm³/mol. The van der Waals surface area contributed by atoms with Gasteiger partial charge in [0.15, 0.2) is 17.5 Å². The molecule has 47 heavy (non-hydrogen) atoms. The van der Waals surface area contributed by atoms with E-state index in [1.807, 2.05) is 60.7 Å². The normalized spacial score (nSPS) is 11.8. The van der Waals surface area contributed by atoms with Gasteiger partial charge in [-0.3, -0.25) is 0 Å². The quantitative estimate of drug-likeness (QED) is 0.202. The molecule has 2 heterocycles. The Morgan fingerprint density at radius 1 is 0.340 bits per heavy atom. The SMILES string of the molecule is c1ccc(-c2nc(-c3ccccc3)nc(-c3cccc(-n4c5ccccc5c5c6cccc7c6c(cc54)-c4ccccc4-7)c3)n2)cc1. The molecule has 0 fully saturated rings. The molecule has 1 aliphatic carbocycles. The molecule has 1 aliphatic rings. The first-order valence-corrected chi connectivity index (χ1v) is 15.9. The summed E-state index contributed by atoms with van der Waals surface area (Å²) in [7, 11) is 0. The van der Waals surface area contributed by atoms with Crippen LogP contribution in [0.4, 0.5) is 0 Å². The molecule has 0 saturated heterocycles. The highest BCUT2D eigenvalue weighted by atomic mass is 15.0. The van der Waals surface area contributed by atoms with E-state index in [2.05, 4.69) is 102 Å². The molecule has 0 atom stereocenters. The van der Waals surface area contributed by atoms with Crippen LogP contribution in [0.1, 0.15) is 0 Å². The lowest BCUT2D eigenvalue weighted by molar-refractivity contribution is 1.07. The first-order chi connectivity index (χ1) is 23.3. The lowest BCUT2D eigenvalue weighted by Gasteiger charge is -2.12. The molecule has 0 aliphatic heterocycles. The van der Waals surface area contributed by atoms with Crippen LogP contribution < -0.4 is 0 Å². The van der Waals surface area contributed by atoms with Crippen LogP contribution in [0.15, 0.2) is 158 Å². The first kappa shape index (κ1) is 25.9. The lowest BCUT2D eigenvalue weighted by Crippen LogP contribution is -2.01. The van der Waals surface area contributed by atoms with Gasteiger partial charge in [0.25, 0.3) is 0 Å². The maximum atomic E-state index is 5.02. The summed E-state index contributed by atoms with van der Waals surface area (Å²) in [6, 6.07) is 55.5. The maximum absolute atomic E-state index is 5.02. The summed E-state index contributed by atoms with van der Waals surface area (Å²) in [5, 5.41) is 5.14. The van der Waals surface area contributed by atoms with Crippen molar-refractivity contribution in [2.75, 3.05) is 0 Å². The van der Waals surface area contributed by atoms with E-state index in [0.717, 1.165) is 22.4 Å². The zero-order valence-corrected chi connectivity index (χ0v) is 25.3. The molecule has 4 nitrogen and oxygen atoms in total. The Bertz CT molecular complexity index is 2620. The van der Waals surface area contributed by atoms with Crippen molar-refractivity contribution < 1.29 is 0 Å². The van der Waals surface area contributed by atoms with E-state index in [0.29, 0.717) is 17.5 Å². The Balaban J connectivity index is 1.23. The average Bonchev–Trinajstić information content (AvgIpc) is 3.66. The molecule has 2 aromatic heterocycles. The smallest absolute Gasteiger partial charge is 0.164 e. The van der Waals surface area contributed by atoms with Crippen molar-refractivity contribution in [3.8, 4) is 62.1 Å².